The van der Waals surface area contributed by atoms with Crippen LogP contribution >= 0.6 is 11.8 Å². The van der Waals surface area contributed by atoms with E-state index in [1.54, 1.807) is 0 Å². The fourth-order valence-electron chi connectivity index (χ4n) is 1.56. The van der Waals surface area contributed by atoms with E-state index in [0.29, 0.717) is 0 Å². The van der Waals surface area contributed by atoms with Gasteiger partial charge in [-0.05, 0) is 42.2 Å². The van der Waals surface area contributed by atoms with E-state index in [1.807, 2.05) is 11.8 Å². The van der Waals surface area contributed by atoms with Crippen LogP contribution < -0.4 is 5.32 Å². The molecule has 0 atom stereocenters. The lowest BCUT2D eigenvalue weighted by molar-refractivity contribution is 0.607. The quantitative estimate of drug-likeness (QED) is 0.667. The molecule has 0 amide bonds. The van der Waals surface area contributed by atoms with Crippen molar-refractivity contribution in [1.29, 1.82) is 0 Å². The number of hydrogen-bond donors (Lipinski definition) is 1. The highest BCUT2D eigenvalue weighted by atomic mass is 32.2. The number of thioether (sulfide) groups is 1. The Morgan fingerprint density at radius 1 is 1.18 bits per heavy atom. The molecule has 1 aromatic rings. The van der Waals surface area contributed by atoms with E-state index < -0.39 is 0 Å². The van der Waals surface area contributed by atoms with Crippen LogP contribution in [0.3, 0.4) is 0 Å². The van der Waals surface area contributed by atoms with Crippen LogP contribution in [0.25, 0.3) is 0 Å². The van der Waals surface area contributed by atoms with Crippen molar-refractivity contribution in [2.45, 2.75) is 39.4 Å². The normalized spacial score (nSPS) is 10.8. The molecule has 0 saturated carbocycles. The SMILES string of the molecule is CCCSCc1ccc(NCCC(C)C)cc1. The molecule has 1 nitrogen and oxygen atoms in total. The fourth-order valence-corrected chi connectivity index (χ4v) is 2.42. The summed E-state index contributed by atoms with van der Waals surface area (Å²) in [5.74, 6) is 3.17. The minimum Gasteiger partial charge on any atom is -0.385 e. The zero-order valence-electron chi connectivity index (χ0n) is 11.3. The molecular formula is C15H25NS. The van der Waals surface area contributed by atoms with Crippen LogP contribution in [-0.2, 0) is 5.75 Å². The van der Waals surface area contributed by atoms with Gasteiger partial charge in [0.1, 0.15) is 0 Å². The molecule has 0 saturated heterocycles. The maximum Gasteiger partial charge on any atom is 0.0340 e. The molecular weight excluding hydrogens is 226 g/mol. The minimum atomic E-state index is 0.771. The topological polar surface area (TPSA) is 12.0 Å². The highest BCUT2D eigenvalue weighted by molar-refractivity contribution is 7.98. The molecule has 0 bridgehead atoms. The van der Waals surface area contributed by atoms with Gasteiger partial charge >= 0.3 is 0 Å². The summed E-state index contributed by atoms with van der Waals surface area (Å²) in [7, 11) is 0. The molecule has 96 valence electrons. The van der Waals surface area contributed by atoms with Crippen molar-refractivity contribution < 1.29 is 0 Å². The van der Waals surface area contributed by atoms with Crippen molar-refractivity contribution >= 4 is 17.4 Å². The third-order valence-electron chi connectivity index (χ3n) is 2.62. The highest BCUT2D eigenvalue weighted by Crippen LogP contribution is 2.16. The molecule has 0 aliphatic carbocycles. The first-order valence-corrected chi connectivity index (χ1v) is 7.78. The first-order valence-electron chi connectivity index (χ1n) is 6.63. The van der Waals surface area contributed by atoms with Crippen molar-refractivity contribution in [1.82, 2.24) is 0 Å². The predicted octanol–water partition coefficient (Wildman–Crippen LogP) is 4.79. The smallest absolute Gasteiger partial charge is 0.0340 e. The molecule has 0 fully saturated rings. The Hall–Kier alpha value is -0.630. The molecule has 0 aliphatic heterocycles. The Balaban J connectivity index is 2.29. The predicted molar refractivity (Wildman–Crippen MR) is 80.8 cm³/mol. The van der Waals surface area contributed by atoms with E-state index in [4.69, 9.17) is 0 Å². The summed E-state index contributed by atoms with van der Waals surface area (Å²) in [6, 6.07) is 8.87. The average Bonchev–Trinajstić information content (AvgIpc) is 2.31. The van der Waals surface area contributed by atoms with Gasteiger partial charge in [-0.15, -0.1) is 0 Å². The van der Waals surface area contributed by atoms with Gasteiger partial charge in [0.05, 0.1) is 0 Å². The Labute approximate surface area is 110 Å². The maximum atomic E-state index is 3.46. The third kappa shape index (κ3) is 6.62. The fraction of sp³-hybridized carbons (Fsp3) is 0.600. The maximum absolute atomic E-state index is 3.46. The van der Waals surface area contributed by atoms with E-state index in [1.165, 1.54) is 29.8 Å². The van der Waals surface area contributed by atoms with E-state index in [0.717, 1.165) is 18.2 Å². The Bertz CT molecular complexity index is 292. The van der Waals surface area contributed by atoms with Crippen LogP contribution in [0.1, 0.15) is 39.2 Å². The van der Waals surface area contributed by atoms with E-state index in [2.05, 4.69) is 50.4 Å². The summed E-state index contributed by atoms with van der Waals surface area (Å²) < 4.78 is 0. The first-order chi connectivity index (χ1) is 8.22. The van der Waals surface area contributed by atoms with E-state index in [-0.39, 0.29) is 0 Å². The number of nitrogens with one attached hydrogen (secondary N) is 1. The monoisotopic (exact) mass is 251 g/mol. The van der Waals surface area contributed by atoms with Gasteiger partial charge in [-0.2, -0.15) is 11.8 Å². The van der Waals surface area contributed by atoms with Gasteiger partial charge in [0, 0.05) is 18.0 Å². The molecule has 0 heterocycles. The second-order valence-corrected chi connectivity index (χ2v) is 5.96. The van der Waals surface area contributed by atoms with Gasteiger partial charge in [-0.1, -0.05) is 32.9 Å². The van der Waals surface area contributed by atoms with Gasteiger partial charge in [0.15, 0.2) is 0 Å². The number of anilines is 1. The van der Waals surface area contributed by atoms with Gasteiger partial charge < -0.3 is 5.32 Å². The molecule has 0 unspecified atom stereocenters. The van der Waals surface area contributed by atoms with Gasteiger partial charge in [-0.3, -0.25) is 0 Å². The highest BCUT2D eigenvalue weighted by Gasteiger charge is 1.96. The summed E-state index contributed by atoms with van der Waals surface area (Å²) in [6.45, 7) is 7.82. The molecule has 0 radical (unpaired) electrons. The second-order valence-electron chi connectivity index (χ2n) is 4.86. The summed E-state index contributed by atoms with van der Waals surface area (Å²) in [5, 5.41) is 3.46. The lowest BCUT2D eigenvalue weighted by Gasteiger charge is -2.09. The second kappa shape index (κ2) is 8.46. The molecule has 0 aliphatic rings. The minimum absolute atomic E-state index is 0.771. The average molecular weight is 251 g/mol. The number of rotatable bonds is 8. The summed E-state index contributed by atoms with van der Waals surface area (Å²) in [5.41, 5.74) is 2.67. The molecule has 1 aromatic carbocycles. The third-order valence-corrected chi connectivity index (χ3v) is 3.86. The van der Waals surface area contributed by atoms with E-state index >= 15 is 0 Å². The molecule has 1 N–H and O–H groups in total. The summed E-state index contributed by atoms with van der Waals surface area (Å²) >= 11 is 2.01. The Morgan fingerprint density at radius 2 is 1.88 bits per heavy atom. The van der Waals surface area contributed by atoms with Gasteiger partial charge in [0.25, 0.3) is 0 Å². The van der Waals surface area contributed by atoms with Crippen molar-refractivity contribution in [2.24, 2.45) is 5.92 Å². The van der Waals surface area contributed by atoms with Crippen LogP contribution in [0.4, 0.5) is 5.69 Å². The zero-order valence-corrected chi connectivity index (χ0v) is 12.1. The van der Waals surface area contributed by atoms with Crippen LogP contribution in [-0.4, -0.2) is 12.3 Å². The molecule has 0 spiro atoms. The Morgan fingerprint density at radius 3 is 2.47 bits per heavy atom. The van der Waals surface area contributed by atoms with Crippen molar-refractivity contribution in [3.05, 3.63) is 29.8 Å². The molecule has 17 heavy (non-hydrogen) atoms. The first kappa shape index (κ1) is 14.4. The largest absolute Gasteiger partial charge is 0.385 e. The van der Waals surface area contributed by atoms with Gasteiger partial charge in [0.2, 0.25) is 0 Å². The number of benzene rings is 1. The molecule has 2 heteroatoms. The van der Waals surface area contributed by atoms with Crippen molar-refractivity contribution in [3.8, 4) is 0 Å². The lowest BCUT2D eigenvalue weighted by atomic mass is 10.1. The lowest BCUT2D eigenvalue weighted by Crippen LogP contribution is -2.04. The molecule has 1 rings (SSSR count). The molecule has 0 aromatic heterocycles. The number of hydrogen-bond acceptors (Lipinski definition) is 2. The van der Waals surface area contributed by atoms with Crippen LogP contribution in [0.2, 0.25) is 0 Å². The van der Waals surface area contributed by atoms with Crippen molar-refractivity contribution in [3.63, 3.8) is 0 Å². The van der Waals surface area contributed by atoms with Crippen LogP contribution in [0, 0.1) is 5.92 Å². The van der Waals surface area contributed by atoms with Crippen LogP contribution in [0.5, 0.6) is 0 Å². The van der Waals surface area contributed by atoms with Crippen molar-refractivity contribution in [2.75, 3.05) is 17.6 Å². The Kier molecular flexibility index (Phi) is 7.18. The standard InChI is InChI=1S/C15H25NS/c1-4-11-17-12-14-5-7-15(8-6-14)16-10-9-13(2)3/h5-8,13,16H,4,9-12H2,1-3H3. The van der Waals surface area contributed by atoms with Gasteiger partial charge in [-0.25, -0.2) is 0 Å². The summed E-state index contributed by atoms with van der Waals surface area (Å²) in [6.07, 6.45) is 2.49. The van der Waals surface area contributed by atoms with Crippen LogP contribution in [0.15, 0.2) is 24.3 Å². The summed E-state index contributed by atoms with van der Waals surface area (Å²) in [4.78, 5) is 0. The van der Waals surface area contributed by atoms with E-state index in [9.17, 15) is 0 Å². The zero-order chi connectivity index (χ0) is 12.5.